The number of alkyl halides is 3. The Labute approximate surface area is 156 Å². The van der Waals surface area contributed by atoms with Gasteiger partial charge in [-0.2, -0.15) is 13.2 Å². The van der Waals surface area contributed by atoms with Gasteiger partial charge in [-0.25, -0.2) is 0 Å². The number of imide groups is 1. The van der Waals surface area contributed by atoms with Crippen molar-refractivity contribution >= 4 is 35.0 Å². The zero-order valence-electron chi connectivity index (χ0n) is 13.9. The number of hydrogen-bond donors (Lipinski definition) is 1. The first-order chi connectivity index (χ1) is 12.6. The van der Waals surface area contributed by atoms with Gasteiger partial charge in [-0.1, -0.05) is 23.2 Å². The van der Waals surface area contributed by atoms with E-state index < -0.39 is 41.0 Å². The summed E-state index contributed by atoms with van der Waals surface area (Å²) in [5, 5.41) is 1.74. The molecule has 0 radical (unpaired) electrons. The minimum Gasteiger partial charge on any atom is -0.325 e. The van der Waals surface area contributed by atoms with Crippen molar-refractivity contribution in [1.29, 1.82) is 0 Å². The van der Waals surface area contributed by atoms with Gasteiger partial charge in [0, 0.05) is 5.69 Å². The van der Waals surface area contributed by atoms with Gasteiger partial charge < -0.3 is 5.32 Å². The van der Waals surface area contributed by atoms with E-state index in [0.717, 1.165) is 16.5 Å². The fraction of sp³-hybridized carbons (Fsp3) is 0.167. The Morgan fingerprint density at radius 3 is 2.41 bits per heavy atom. The fourth-order valence-corrected chi connectivity index (χ4v) is 2.94. The molecule has 0 bridgehead atoms. The van der Waals surface area contributed by atoms with Gasteiger partial charge in [-0.05, 0) is 37.3 Å². The van der Waals surface area contributed by atoms with Crippen molar-refractivity contribution in [3.05, 3.63) is 63.7 Å². The topological polar surface area (TPSA) is 66.5 Å². The SMILES string of the molecule is Cc1ccc2c(c1)C(=O)N(CC(=O)Nc1ccc(Cl)c(C(F)(F)F)c1)C2=O. The average Bonchev–Trinajstić information content (AvgIpc) is 2.80. The second-order valence-corrected chi connectivity index (χ2v) is 6.39. The van der Waals surface area contributed by atoms with Crippen molar-refractivity contribution < 1.29 is 27.6 Å². The summed E-state index contributed by atoms with van der Waals surface area (Å²) in [5.74, 6) is -2.06. The number of rotatable bonds is 3. The maximum absolute atomic E-state index is 12.9. The van der Waals surface area contributed by atoms with Crippen molar-refractivity contribution in [2.24, 2.45) is 0 Å². The van der Waals surface area contributed by atoms with Crippen molar-refractivity contribution in [3.63, 3.8) is 0 Å². The number of fused-ring (bicyclic) bond motifs is 1. The highest BCUT2D eigenvalue weighted by Gasteiger charge is 2.37. The quantitative estimate of drug-likeness (QED) is 0.800. The normalized spacial score (nSPS) is 13.7. The van der Waals surface area contributed by atoms with E-state index in [1.54, 1.807) is 19.1 Å². The number of carbonyl (C=O) groups is 3. The third-order valence-electron chi connectivity index (χ3n) is 3.98. The molecule has 1 aliphatic rings. The van der Waals surface area contributed by atoms with Gasteiger partial charge in [0.25, 0.3) is 11.8 Å². The van der Waals surface area contributed by atoms with E-state index in [2.05, 4.69) is 5.32 Å². The second-order valence-electron chi connectivity index (χ2n) is 5.99. The number of benzene rings is 2. The summed E-state index contributed by atoms with van der Waals surface area (Å²) in [6.07, 6.45) is -4.68. The van der Waals surface area contributed by atoms with E-state index in [1.807, 2.05) is 0 Å². The van der Waals surface area contributed by atoms with Crippen molar-refractivity contribution in [2.75, 3.05) is 11.9 Å². The van der Waals surface area contributed by atoms with Gasteiger partial charge in [0.1, 0.15) is 6.54 Å². The summed E-state index contributed by atoms with van der Waals surface area (Å²) >= 11 is 5.53. The first-order valence-electron chi connectivity index (χ1n) is 7.71. The predicted octanol–water partition coefficient (Wildman–Crippen LogP) is 3.90. The molecule has 0 unspecified atom stereocenters. The largest absolute Gasteiger partial charge is 0.417 e. The predicted molar refractivity (Wildman–Crippen MR) is 91.6 cm³/mol. The number of aryl methyl sites for hydroxylation is 1. The number of hydrogen-bond acceptors (Lipinski definition) is 3. The van der Waals surface area contributed by atoms with E-state index in [9.17, 15) is 27.6 Å². The summed E-state index contributed by atoms with van der Waals surface area (Å²) in [4.78, 5) is 37.5. The molecular weight excluding hydrogens is 385 g/mol. The van der Waals surface area contributed by atoms with Crippen molar-refractivity contribution in [3.8, 4) is 0 Å². The minimum absolute atomic E-state index is 0.149. The highest BCUT2D eigenvalue weighted by atomic mass is 35.5. The zero-order valence-corrected chi connectivity index (χ0v) is 14.6. The summed E-state index contributed by atoms with van der Waals surface area (Å²) < 4.78 is 38.7. The van der Waals surface area contributed by atoms with Crippen LogP contribution in [0.5, 0.6) is 0 Å². The number of nitrogens with one attached hydrogen (secondary N) is 1. The molecule has 0 fully saturated rings. The Balaban J connectivity index is 1.76. The van der Waals surface area contributed by atoms with Crippen LogP contribution in [0.1, 0.15) is 31.8 Å². The molecule has 0 aromatic heterocycles. The maximum Gasteiger partial charge on any atom is 0.417 e. The number of carbonyl (C=O) groups excluding carboxylic acids is 3. The van der Waals surface area contributed by atoms with Gasteiger partial charge in [-0.3, -0.25) is 19.3 Å². The van der Waals surface area contributed by atoms with Crippen LogP contribution in [0.15, 0.2) is 36.4 Å². The summed E-state index contributed by atoms with van der Waals surface area (Å²) in [5.41, 5.74) is -0.0905. The fourth-order valence-electron chi connectivity index (χ4n) is 2.71. The molecule has 3 amide bonds. The average molecular weight is 397 g/mol. The second kappa shape index (κ2) is 6.70. The molecule has 140 valence electrons. The lowest BCUT2D eigenvalue weighted by atomic mass is 10.1. The van der Waals surface area contributed by atoms with Crippen LogP contribution in [0.25, 0.3) is 0 Å². The number of nitrogens with zero attached hydrogens (tertiary/aromatic N) is 1. The van der Waals surface area contributed by atoms with Crippen LogP contribution in [0, 0.1) is 6.92 Å². The first-order valence-corrected chi connectivity index (χ1v) is 8.09. The minimum atomic E-state index is -4.68. The number of halogens is 4. The molecule has 2 aromatic carbocycles. The molecule has 0 saturated carbocycles. The first kappa shape index (κ1) is 18.9. The van der Waals surface area contributed by atoms with E-state index >= 15 is 0 Å². The van der Waals surface area contributed by atoms with Gasteiger partial charge in [-0.15, -0.1) is 0 Å². The van der Waals surface area contributed by atoms with Gasteiger partial charge in [0.15, 0.2) is 0 Å². The van der Waals surface area contributed by atoms with E-state index in [4.69, 9.17) is 11.6 Å². The van der Waals surface area contributed by atoms with Crippen LogP contribution in [-0.2, 0) is 11.0 Å². The van der Waals surface area contributed by atoms with Crippen LogP contribution < -0.4 is 5.32 Å². The molecule has 0 atom stereocenters. The molecular formula is C18H12ClF3N2O3. The maximum atomic E-state index is 12.9. The lowest BCUT2D eigenvalue weighted by Crippen LogP contribution is -2.37. The van der Waals surface area contributed by atoms with Crippen LogP contribution in [0.4, 0.5) is 18.9 Å². The summed E-state index contributed by atoms with van der Waals surface area (Å²) in [7, 11) is 0. The lowest BCUT2D eigenvalue weighted by molar-refractivity contribution is -0.137. The van der Waals surface area contributed by atoms with E-state index in [-0.39, 0.29) is 16.8 Å². The van der Waals surface area contributed by atoms with Crippen LogP contribution in [0.3, 0.4) is 0 Å². The van der Waals surface area contributed by atoms with Gasteiger partial charge in [0.2, 0.25) is 5.91 Å². The molecule has 1 aliphatic heterocycles. The Morgan fingerprint density at radius 1 is 1.07 bits per heavy atom. The molecule has 27 heavy (non-hydrogen) atoms. The monoisotopic (exact) mass is 396 g/mol. The lowest BCUT2D eigenvalue weighted by Gasteiger charge is -2.15. The van der Waals surface area contributed by atoms with Crippen molar-refractivity contribution in [2.45, 2.75) is 13.1 Å². The third kappa shape index (κ3) is 3.66. The number of anilines is 1. The van der Waals surface area contributed by atoms with Crippen LogP contribution >= 0.6 is 11.6 Å². The van der Waals surface area contributed by atoms with Gasteiger partial charge >= 0.3 is 6.18 Å². The van der Waals surface area contributed by atoms with E-state index in [1.165, 1.54) is 12.1 Å². The standard InChI is InChI=1S/C18H12ClF3N2O3/c1-9-2-4-11-12(6-9)17(27)24(16(11)26)8-15(25)23-10-3-5-14(19)13(7-10)18(20,21)22/h2-7H,8H2,1H3,(H,23,25). The molecule has 2 aromatic rings. The highest BCUT2D eigenvalue weighted by Crippen LogP contribution is 2.36. The van der Waals surface area contributed by atoms with E-state index in [0.29, 0.717) is 6.07 Å². The Morgan fingerprint density at radius 2 is 1.74 bits per heavy atom. The molecule has 0 spiro atoms. The Bertz CT molecular complexity index is 973. The van der Waals surface area contributed by atoms with Crippen LogP contribution in [-0.4, -0.2) is 29.2 Å². The molecule has 1 N–H and O–H groups in total. The molecule has 5 nitrogen and oxygen atoms in total. The molecule has 0 saturated heterocycles. The Hall–Kier alpha value is -2.87. The Kier molecular flexibility index (Phi) is 4.69. The molecule has 9 heteroatoms. The summed E-state index contributed by atoms with van der Waals surface area (Å²) in [6, 6.07) is 7.60. The highest BCUT2D eigenvalue weighted by molar-refractivity contribution is 6.31. The molecule has 0 aliphatic carbocycles. The third-order valence-corrected chi connectivity index (χ3v) is 4.31. The molecule has 1 heterocycles. The zero-order chi connectivity index (χ0) is 19.9. The van der Waals surface area contributed by atoms with Crippen molar-refractivity contribution in [1.82, 2.24) is 4.90 Å². The van der Waals surface area contributed by atoms with Crippen LogP contribution in [0.2, 0.25) is 5.02 Å². The van der Waals surface area contributed by atoms with Gasteiger partial charge in [0.05, 0.1) is 21.7 Å². The summed E-state index contributed by atoms with van der Waals surface area (Å²) in [6.45, 7) is 1.14. The molecule has 3 rings (SSSR count). The number of amides is 3. The smallest absolute Gasteiger partial charge is 0.325 e.